The standard InChI is InChI=1S/C29H32N4O3S2/c1-20-16-21(2)27-26(17-20)37-29(31-27)33(19-22-8-7-15-30-18-22)28(34)23-11-13-25(14-12-23)38(35,36)32(3)24-9-5-4-6-10-24/h7-8,11-18,24H,4-6,9-10,19H2,1-3H3. The Labute approximate surface area is 228 Å². The van der Waals surface area contributed by atoms with Gasteiger partial charge in [0.25, 0.3) is 5.91 Å². The molecule has 0 atom stereocenters. The molecule has 1 aliphatic carbocycles. The lowest BCUT2D eigenvalue weighted by Crippen LogP contribution is -2.38. The van der Waals surface area contributed by atoms with Crippen molar-refractivity contribution in [2.75, 3.05) is 11.9 Å². The molecule has 1 saturated carbocycles. The zero-order chi connectivity index (χ0) is 26.9. The first kappa shape index (κ1) is 26.5. The van der Waals surface area contributed by atoms with Gasteiger partial charge in [-0.15, -0.1) is 0 Å². The number of pyridine rings is 1. The van der Waals surface area contributed by atoms with Crippen LogP contribution in [-0.4, -0.2) is 41.7 Å². The maximum Gasteiger partial charge on any atom is 0.260 e. The number of aryl methyl sites for hydroxylation is 2. The third-order valence-corrected chi connectivity index (χ3v) is 10.2. The molecule has 0 radical (unpaired) electrons. The average Bonchev–Trinajstić information content (AvgIpc) is 3.36. The van der Waals surface area contributed by atoms with Crippen LogP contribution >= 0.6 is 11.3 Å². The van der Waals surface area contributed by atoms with Crippen LogP contribution in [0.4, 0.5) is 5.13 Å². The molecule has 2 aromatic carbocycles. The Kier molecular flexibility index (Phi) is 7.61. The van der Waals surface area contributed by atoms with Gasteiger partial charge in [0.15, 0.2) is 5.13 Å². The van der Waals surface area contributed by atoms with Gasteiger partial charge in [-0.05, 0) is 79.8 Å². The van der Waals surface area contributed by atoms with E-state index in [1.54, 1.807) is 36.5 Å². The van der Waals surface area contributed by atoms with Crippen molar-refractivity contribution >= 4 is 42.6 Å². The van der Waals surface area contributed by atoms with Crippen LogP contribution in [0.5, 0.6) is 0 Å². The minimum absolute atomic E-state index is 0.0242. The van der Waals surface area contributed by atoms with Crippen LogP contribution in [-0.2, 0) is 16.6 Å². The molecular formula is C29H32N4O3S2. The number of benzene rings is 2. The molecule has 38 heavy (non-hydrogen) atoms. The van der Waals surface area contributed by atoms with Crippen LogP contribution in [0.2, 0.25) is 0 Å². The zero-order valence-corrected chi connectivity index (χ0v) is 23.6. The Balaban J connectivity index is 1.46. The molecule has 0 N–H and O–H groups in total. The van der Waals surface area contributed by atoms with Crippen molar-refractivity contribution in [1.82, 2.24) is 14.3 Å². The van der Waals surface area contributed by atoms with Crippen LogP contribution in [0.25, 0.3) is 10.2 Å². The van der Waals surface area contributed by atoms with Crippen LogP contribution < -0.4 is 4.90 Å². The van der Waals surface area contributed by atoms with Crippen LogP contribution in [0.1, 0.15) is 59.2 Å². The van der Waals surface area contributed by atoms with Gasteiger partial charge in [0, 0.05) is 31.0 Å². The summed E-state index contributed by atoms with van der Waals surface area (Å²) in [7, 11) is -1.97. The van der Waals surface area contributed by atoms with E-state index >= 15 is 0 Å². The molecule has 2 heterocycles. The van der Waals surface area contributed by atoms with Crippen molar-refractivity contribution in [3.05, 3.63) is 83.2 Å². The Morgan fingerprint density at radius 2 is 1.79 bits per heavy atom. The van der Waals surface area contributed by atoms with Gasteiger partial charge >= 0.3 is 0 Å². The number of nitrogens with zero attached hydrogens (tertiary/aromatic N) is 4. The monoisotopic (exact) mass is 548 g/mol. The quantitative estimate of drug-likeness (QED) is 0.278. The van der Waals surface area contributed by atoms with E-state index in [9.17, 15) is 13.2 Å². The minimum atomic E-state index is -3.64. The average molecular weight is 549 g/mol. The van der Waals surface area contributed by atoms with E-state index < -0.39 is 10.0 Å². The van der Waals surface area contributed by atoms with Crippen LogP contribution in [0, 0.1) is 13.8 Å². The Hall–Kier alpha value is -3.14. The molecule has 5 rings (SSSR count). The topological polar surface area (TPSA) is 83.5 Å². The molecule has 2 aromatic heterocycles. The van der Waals surface area contributed by atoms with E-state index in [2.05, 4.69) is 17.1 Å². The lowest BCUT2D eigenvalue weighted by atomic mass is 9.96. The smallest absolute Gasteiger partial charge is 0.260 e. The number of carbonyl (C=O) groups is 1. The van der Waals surface area contributed by atoms with Gasteiger partial charge < -0.3 is 0 Å². The Morgan fingerprint density at radius 1 is 1.05 bits per heavy atom. The summed E-state index contributed by atoms with van der Waals surface area (Å²) in [5.41, 5.74) is 4.37. The van der Waals surface area contributed by atoms with Crippen LogP contribution in [0.15, 0.2) is 65.8 Å². The van der Waals surface area contributed by atoms with E-state index in [-0.39, 0.29) is 16.8 Å². The van der Waals surface area contributed by atoms with Gasteiger partial charge in [-0.1, -0.05) is 42.7 Å². The molecule has 9 heteroatoms. The summed E-state index contributed by atoms with van der Waals surface area (Å²) in [6.45, 7) is 4.37. The summed E-state index contributed by atoms with van der Waals surface area (Å²) in [6.07, 6.45) is 8.46. The van der Waals surface area contributed by atoms with Crippen molar-refractivity contribution in [1.29, 1.82) is 0 Å². The van der Waals surface area contributed by atoms with Crippen molar-refractivity contribution < 1.29 is 13.2 Å². The second kappa shape index (κ2) is 10.9. The molecule has 198 valence electrons. The Morgan fingerprint density at radius 3 is 2.47 bits per heavy atom. The number of amides is 1. The maximum absolute atomic E-state index is 13.8. The molecular weight excluding hydrogens is 516 g/mol. The van der Waals surface area contributed by atoms with Gasteiger partial charge in [0.2, 0.25) is 10.0 Å². The fraction of sp³-hybridized carbons (Fsp3) is 0.345. The summed E-state index contributed by atoms with van der Waals surface area (Å²) in [5.74, 6) is -0.244. The molecule has 1 fully saturated rings. The highest BCUT2D eigenvalue weighted by Gasteiger charge is 2.29. The van der Waals surface area contributed by atoms with Crippen molar-refractivity contribution in [2.24, 2.45) is 0 Å². The first-order chi connectivity index (χ1) is 18.2. The third kappa shape index (κ3) is 5.36. The molecule has 1 amide bonds. The number of fused-ring (bicyclic) bond motifs is 1. The summed E-state index contributed by atoms with van der Waals surface area (Å²) >= 11 is 1.47. The number of anilines is 1. The summed E-state index contributed by atoms with van der Waals surface area (Å²) < 4.78 is 29.1. The van der Waals surface area contributed by atoms with E-state index in [1.165, 1.54) is 27.8 Å². The first-order valence-corrected chi connectivity index (χ1v) is 15.2. The number of hydrogen-bond acceptors (Lipinski definition) is 6. The second-order valence-electron chi connectivity index (χ2n) is 10.0. The van der Waals surface area contributed by atoms with Crippen molar-refractivity contribution in [2.45, 2.75) is 63.4 Å². The molecule has 7 nitrogen and oxygen atoms in total. The number of rotatable bonds is 7. The molecule has 0 bridgehead atoms. The summed E-state index contributed by atoms with van der Waals surface area (Å²) in [4.78, 5) is 24.7. The fourth-order valence-electron chi connectivity index (χ4n) is 5.11. The molecule has 0 saturated heterocycles. The molecule has 1 aliphatic rings. The highest BCUT2D eigenvalue weighted by atomic mass is 32.2. The van der Waals surface area contributed by atoms with Crippen molar-refractivity contribution in [3.63, 3.8) is 0 Å². The highest BCUT2D eigenvalue weighted by Crippen LogP contribution is 2.33. The number of sulfonamides is 1. The summed E-state index contributed by atoms with van der Waals surface area (Å²) in [6, 6.07) is 14.2. The van der Waals surface area contributed by atoms with E-state index in [0.29, 0.717) is 17.2 Å². The zero-order valence-electron chi connectivity index (χ0n) is 21.9. The molecule has 4 aromatic rings. The minimum Gasteiger partial charge on any atom is -0.279 e. The molecule has 0 unspecified atom stereocenters. The predicted molar refractivity (Wildman–Crippen MR) is 152 cm³/mol. The molecule has 0 aliphatic heterocycles. The lowest BCUT2D eigenvalue weighted by Gasteiger charge is -2.30. The van der Waals surface area contributed by atoms with E-state index in [1.807, 2.05) is 26.0 Å². The van der Waals surface area contributed by atoms with Gasteiger partial charge in [-0.25, -0.2) is 13.4 Å². The highest BCUT2D eigenvalue weighted by molar-refractivity contribution is 7.89. The normalized spacial score (nSPS) is 14.7. The summed E-state index contributed by atoms with van der Waals surface area (Å²) in [5, 5.41) is 0.594. The first-order valence-electron chi connectivity index (χ1n) is 12.9. The second-order valence-corrected chi connectivity index (χ2v) is 13.0. The van der Waals surface area contributed by atoms with Gasteiger partial charge in [0.05, 0.1) is 21.7 Å². The van der Waals surface area contributed by atoms with Crippen molar-refractivity contribution in [3.8, 4) is 0 Å². The van der Waals surface area contributed by atoms with E-state index in [4.69, 9.17) is 4.98 Å². The third-order valence-electron chi connectivity index (χ3n) is 7.23. The van der Waals surface area contributed by atoms with Crippen LogP contribution in [0.3, 0.4) is 0 Å². The van der Waals surface area contributed by atoms with Gasteiger partial charge in [-0.2, -0.15) is 4.31 Å². The number of hydrogen-bond donors (Lipinski definition) is 0. The molecule has 0 spiro atoms. The van der Waals surface area contributed by atoms with Gasteiger partial charge in [-0.3, -0.25) is 14.7 Å². The largest absolute Gasteiger partial charge is 0.279 e. The Bertz CT molecular complexity index is 1540. The maximum atomic E-state index is 13.8. The van der Waals surface area contributed by atoms with Gasteiger partial charge in [0.1, 0.15) is 0 Å². The van der Waals surface area contributed by atoms with E-state index in [0.717, 1.165) is 59.0 Å². The SMILES string of the molecule is Cc1cc(C)c2nc(N(Cc3cccnc3)C(=O)c3ccc(S(=O)(=O)N(C)C4CCCCC4)cc3)sc2c1. The number of carbonyl (C=O) groups excluding carboxylic acids is 1. The predicted octanol–water partition coefficient (Wildman–Crippen LogP) is 6.11. The fourth-order valence-corrected chi connectivity index (χ4v) is 7.66. The number of thiazole rings is 1. The number of aromatic nitrogens is 2. The lowest BCUT2D eigenvalue weighted by molar-refractivity contribution is 0.0985.